The molecule has 0 saturated heterocycles. The van der Waals surface area contributed by atoms with Gasteiger partial charge in [-0.3, -0.25) is 4.79 Å². The Bertz CT molecular complexity index is 504. The van der Waals surface area contributed by atoms with Crippen molar-refractivity contribution < 1.29 is 9.90 Å². The highest BCUT2D eigenvalue weighted by atomic mass is 16.4. The Morgan fingerprint density at radius 1 is 1.60 bits per heavy atom. The van der Waals surface area contributed by atoms with Gasteiger partial charge in [0, 0.05) is 18.5 Å². The maximum absolute atomic E-state index is 10.5. The molecule has 0 spiro atoms. The summed E-state index contributed by atoms with van der Waals surface area (Å²) in [4.78, 5) is 14.6. The fourth-order valence-electron chi connectivity index (χ4n) is 1.40. The molecule has 15 heavy (non-hydrogen) atoms. The van der Waals surface area contributed by atoms with Crippen LogP contribution < -0.4 is 0 Å². The lowest BCUT2D eigenvalue weighted by atomic mass is 10.2. The fourth-order valence-corrected chi connectivity index (χ4v) is 1.40. The molecule has 2 heterocycles. The van der Waals surface area contributed by atoms with Crippen molar-refractivity contribution in [3.63, 3.8) is 0 Å². The van der Waals surface area contributed by atoms with E-state index in [1.54, 1.807) is 16.9 Å². The maximum Gasteiger partial charge on any atom is 0.307 e. The summed E-state index contributed by atoms with van der Waals surface area (Å²) in [5, 5.41) is 12.9. The predicted octanol–water partition coefficient (Wildman–Crippen LogP) is 0.919. The number of fused-ring (bicyclic) bond motifs is 1. The topological polar surface area (TPSA) is 67.5 Å². The van der Waals surface area contributed by atoms with Crippen LogP contribution in [0.2, 0.25) is 0 Å². The van der Waals surface area contributed by atoms with Crippen LogP contribution in [0.4, 0.5) is 0 Å². The zero-order valence-electron chi connectivity index (χ0n) is 8.34. The Labute approximate surface area is 86.4 Å². The van der Waals surface area contributed by atoms with E-state index in [9.17, 15) is 4.79 Å². The second kappa shape index (κ2) is 3.68. The van der Waals surface area contributed by atoms with Crippen molar-refractivity contribution >= 4 is 11.6 Å². The molecule has 0 aliphatic rings. The number of hydrogen-bond donors (Lipinski definition) is 1. The van der Waals surface area contributed by atoms with Gasteiger partial charge >= 0.3 is 5.97 Å². The molecule has 0 bridgehead atoms. The van der Waals surface area contributed by atoms with E-state index >= 15 is 0 Å². The molecule has 78 valence electrons. The Morgan fingerprint density at radius 2 is 2.40 bits per heavy atom. The largest absolute Gasteiger partial charge is 0.481 e. The third-order valence-electron chi connectivity index (χ3n) is 2.13. The van der Waals surface area contributed by atoms with Gasteiger partial charge in [0.15, 0.2) is 5.65 Å². The second-order valence-electron chi connectivity index (χ2n) is 3.32. The van der Waals surface area contributed by atoms with E-state index in [1.165, 1.54) is 0 Å². The smallest absolute Gasteiger partial charge is 0.307 e. The quantitative estimate of drug-likeness (QED) is 0.809. The number of carbonyl (C=O) groups is 1. The molecule has 0 saturated carbocycles. The minimum atomic E-state index is -0.862. The van der Waals surface area contributed by atoms with Gasteiger partial charge in [-0.1, -0.05) is 6.92 Å². The van der Waals surface area contributed by atoms with Crippen molar-refractivity contribution in [3.8, 4) is 0 Å². The Kier molecular flexibility index (Phi) is 2.37. The number of nitrogens with zero attached hydrogens (tertiary/aromatic N) is 3. The molecule has 0 amide bonds. The Morgan fingerprint density at radius 3 is 3.07 bits per heavy atom. The summed E-state index contributed by atoms with van der Waals surface area (Å²) in [5.41, 5.74) is 2.36. The molecule has 0 fully saturated rings. The third kappa shape index (κ3) is 1.96. The van der Waals surface area contributed by atoms with Gasteiger partial charge in [-0.05, 0) is 12.0 Å². The van der Waals surface area contributed by atoms with Crippen LogP contribution in [0, 0.1) is 0 Å². The van der Waals surface area contributed by atoms with Crippen molar-refractivity contribution in [1.82, 2.24) is 14.6 Å². The molecule has 0 unspecified atom stereocenters. The summed E-state index contributed by atoms with van der Waals surface area (Å²) >= 11 is 0. The summed E-state index contributed by atoms with van der Waals surface area (Å²) in [6.07, 6.45) is 4.10. The number of aryl methyl sites for hydroxylation is 1. The summed E-state index contributed by atoms with van der Waals surface area (Å²) in [7, 11) is 0. The molecular weight excluding hydrogens is 194 g/mol. The third-order valence-corrected chi connectivity index (χ3v) is 2.13. The van der Waals surface area contributed by atoms with Crippen LogP contribution in [-0.2, 0) is 17.6 Å². The van der Waals surface area contributed by atoms with Gasteiger partial charge in [-0.2, -0.15) is 5.10 Å². The molecule has 5 nitrogen and oxygen atoms in total. The molecule has 2 aromatic rings. The normalized spacial score (nSPS) is 10.7. The molecule has 0 aliphatic heterocycles. The van der Waals surface area contributed by atoms with Crippen molar-refractivity contribution in [1.29, 1.82) is 0 Å². The van der Waals surface area contributed by atoms with Crippen LogP contribution in [0.15, 0.2) is 18.5 Å². The highest BCUT2D eigenvalue weighted by molar-refractivity contribution is 5.70. The van der Waals surface area contributed by atoms with Gasteiger partial charge in [-0.15, -0.1) is 0 Å². The summed E-state index contributed by atoms with van der Waals surface area (Å²) in [6, 6.07) is 1.89. The Hall–Kier alpha value is -1.91. The molecule has 5 heteroatoms. The highest BCUT2D eigenvalue weighted by Gasteiger charge is 2.04. The van der Waals surface area contributed by atoms with Crippen molar-refractivity contribution in [3.05, 3.63) is 29.7 Å². The molecular formula is C10H11N3O2. The molecule has 1 N–H and O–H groups in total. The van der Waals surface area contributed by atoms with Crippen LogP contribution in [0.3, 0.4) is 0 Å². The van der Waals surface area contributed by atoms with Crippen LogP contribution in [0.25, 0.3) is 5.65 Å². The van der Waals surface area contributed by atoms with E-state index < -0.39 is 5.97 Å². The average Bonchev–Trinajstić information content (AvgIpc) is 2.58. The zero-order valence-corrected chi connectivity index (χ0v) is 8.34. The van der Waals surface area contributed by atoms with Gasteiger partial charge in [0.2, 0.25) is 0 Å². The second-order valence-corrected chi connectivity index (χ2v) is 3.32. The van der Waals surface area contributed by atoms with Crippen LogP contribution in [-0.4, -0.2) is 25.7 Å². The number of carboxylic acid groups (broad SMARTS) is 1. The number of aliphatic carboxylic acids is 1. The minimum absolute atomic E-state index is 0.0236. The molecule has 2 rings (SSSR count). The summed E-state index contributed by atoms with van der Waals surface area (Å²) in [5.74, 6) is -0.862. The number of rotatable bonds is 3. The van der Waals surface area contributed by atoms with E-state index in [0.717, 1.165) is 17.8 Å². The van der Waals surface area contributed by atoms with Gasteiger partial charge in [-0.25, -0.2) is 9.50 Å². The highest BCUT2D eigenvalue weighted by Crippen LogP contribution is 2.06. The number of hydrogen-bond acceptors (Lipinski definition) is 3. The van der Waals surface area contributed by atoms with E-state index in [-0.39, 0.29) is 6.42 Å². The summed E-state index contributed by atoms with van der Waals surface area (Å²) in [6.45, 7) is 2.01. The first-order chi connectivity index (χ1) is 7.19. The van der Waals surface area contributed by atoms with Crippen molar-refractivity contribution in [2.24, 2.45) is 0 Å². The van der Waals surface area contributed by atoms with Crippen LogP contribution in [0.5, 0.6) is 0 Å². The van der Waals surface area contributed by atoms with E-state index in [2.05, 4.69) is 10.1 Å². The monoisotopic (exact) mass is 205 g/mol. The molecule has 0 aromatic carbocycles. The first-order valence-electron chi connectivity index (χ1n) is 4.74. The van der Waals surface area contributed by atoms with Crippen molar-refractivity contribution in [2.75, 3.05) is 0 Å². The van der Waals surface area contributed by atoms with Crippen LogP contribution in [0.1, 0.15) is 18.2 Å². The fraction of sp³-hybridized carbons (Fsp3) is 0.300. The van der Waals surface area contributed by atoms with Gasteiger partial charge in [0.25, 0.3) is 0 Å². The van der Waals surface area contributed by atoms with E-state index in [1.807, 2.05) is 13.0 Å². The lowest BCUT2D eigenvalue weighted by molar-refractivity contribution is -0.136. The SMILES string of the molecule is CCc1cc2ncc(CC(=O)O)cn2n1. The molecule has 0 aliphatic carbocycles. The Balaban J connectivity index is 2.41. The first-order valence-corrected chi connectivity index (χ1v) is 4.74. The van der Waals surface area contributed by atoms with E-state index in [4.69, 9.17) is 5.11 Å². The molecule has 0 atom stereocenters. The first kappa shape index (κ1) is 9.64. The molecule has 0 radical (unpaired) electrons. The number of aromatic nitrogens is 3. The minimum Gasteiger partial charge on any atom is -0.481 e. The van der Waals surface area contributed by atoms with E-state index in [0.29, 0.717) is 5.56 Å². The predicted molar refractivity (Wildman–Crippen MR) is 53.7 cm³/mol. The van der Waals surface area contributed by atoms with Gasteiger partial charge < -0.3 is 5.11 Å². The molecule has 2 aromatic heterocycles. The van der Waals surface area contributed by atoms with Crippen molar-refractivity contribution in [2.45, 2.75) is 19.8 Å². The average molecular weight is 205 g/mol. The standard InChI is InChI=1S/C10H11N3O2/c1-2-8-4-9-11-5-7(3-10(14)15)6-13(9)12-8/h4-6H,2-3H2,1H3,(H,14,15). The lowest BCUT2D eigenvalue weighted by Gasteiger charge is -1.96. The van der Waals surface area contributed by atoms with Gasteiger partial charge in [0.1, 0.15) is 0 Å². The number of carboxylic acids is 1. The summed E-state index contributed by atoms with van der Waals surface area (Å²) < 4.78 is 1.62. The van der Waals surface area contributed by atoms with Gasteiger partial charge in [0.05, 0.1) is 12.1 Å². The van der Waals surface area contributed by atoms with Crippen LogP contribution >= 0.6 is 0 Å². The maximum atomic E-state index is 10.5. The zero-order chi connectivity index (χ0) is 10.8. The lowest BCUT2D eigenvalue weighted by Crippen LogP contribution is -2.02.